The Balaban J connectivity index is 2.27. The lowest BCUT2D eigenvalue weighted by Gasteiger charge is -2.26. The van der Waals surface area contributed by atoms with E-state index in [0.29, 0.717) is 18.4 Å². The lowest BCUT2D eigenvalue weighted by atomic mass is 9.89. The molecule has 3 rings (SSSR count). The number of amides is 1. The van der Waals surface area contributed by atoms with Crippen molar-refractivity contribution in [1.29, 1.82) is 0 Å². The normalized spacial score (nSPS) is 26.4. The molecule has 7 heteroatoms. The van der Waals surface area contributed by atoms with Crippen molar-refractivity contribution in [2.75, 3.05) is 6.26 Å². The fourth-order valence-corrected chi connectivity index (χ4v) is 4.64. The predicted molar refractivity (Wildman–Crippen MR) is 94.2 cm³/mol. The van der Waals surface area contributed by atoms with E-state index in [4.69, 9.17) is 4.18 Å². The van der Waals surface area contributed by atoms with Gasteiger partial charge in [0.2, 0.25) is 0 Å². The summed E-state index contributed by atoms with van der Waals surface area (Å²) in [5.41, 5.74) is 2.82. The third-order valence-electron chi connectivity index (χ3n) is 4.89. The second-order valence-corrected chi connectivity index (χ2v) is 8.77. The number of hydrogen-bond donors (Lipinski definition) is 2. The molecule has 0 bridgehead atoms. The minimum Gasteiger partial charge on any atom is -0.393 e. The number of aliphatic hydroxyl groups is 1. The van der Waals surface area contributed by atoms with Crippen LogP contribution >= 0.6 is 0 Å². The molecular formula is C18H23NO5S. The Morgan fingerprint density at radius 3 is 2.32 bits per heavy atom. The van der Waals surface area contributed by atoms with Crippen molar-refractivity contribution in [1.82, 2.24) is 5.32 Å². The first-order valence-electron chi connectivity index (χ1n) is 8.25. The van der Waals surface area contributed by atoms with Crippen molar-refractivity contribution in [2.45, 2.75) is 51.7 Å². The van der Waals surface area contributed by atoms with Crippen LogP contribution in [0.5, 0.6) is 0 Å². The standard InChI is InChI=1S/C18H23NO5S/c1-10-7-11(2)14(12(3)8-10)15-16(24-25(4,22)23)18(19-17(15)21)6-5-13(20)9-18/h7-8,13,20H,5-6,9H2,1-4H3,(H,19,21). The zero-order valence-electron chi connectivity index (χ0n) is 14.8. The highest BCUT2D eigenvalue weighted by atomic mass is 32.2. The first-order chi connectivity index (χ1) is 11.5. The number of aliphatic hydroxyl groups excluding tert-OH is 1. The predicted octanol–water partition coefficient (Wildman–Crippen LogP) is 1.71. The van der Waals surface area contributed by atoms with Gasteiger partial charge in [-0.25, -0.2) is 0 Å². The monoisotopic (exact) mass is 365 g/mol. The smallest absolute Gasteiger partial charge is 0.306 e. The number of benzene rings is 1. The Morgan fingerprint density at radius 1 is 1.24 bits per heavy atom. The Bertz CT molecular complexity index is 864. The van der Waals surface area contributed by atoms with Crippen LogP contribution in [-0.4, -0.2) is 37.3 Å². The molecule has 2 aliphatic rings. The molecule has 0 saturated heterocycles. The van der Waals surface area contributed by atoms with Crippen molar-refractivity contribution in [3.8, 4) is 0 Å². The van der Waals surface area contributed by atoms with Gasteiger partial charge in [0.25, 0.3) is 5.91 Å². The maximum atomic E-state index is 12.8. The number of carbonyl (C=O) groups excluding carboxylic acids is 1. The largest absolute Gasteiger partial charge is 0.393 e. The van der Waals surface area contributed by atoms with Crippen LogP contribution in [0.4, 0.5) is 0 Å². The summed E-state index contributed by atoms with van der Waals surface area (Å²) in [6.45, 7) is 5.75. The molecule has 1 aliphatic heterocycles. The molecular weight excluding hydrogens is 342 g/mol. The lowest BCUT2D eigenvalue weighted by Crippen LogP contribution is -2.43. The summed E-state index contributed by atoms with van der Waals surface area (Å²) in [5.74, 6) is -0.241. The summed E-state index contributed by atoms with van der Waals surface area (Å²) >= 11 is 0. The molecule has 1 aliphatic carbocycles. The van der Waals surface area contributed by atoms with Crippen molar-refractivity contribution < 1.29 is 22.5 Å². The molecule has 0 radical (unpaired) electrons. The second-order valence-electron chi connectivity index (χ2n) is 7.20. The number of hydrogen-bond acceptors (Lipinski definition) is 5. The van der Waals surface area contributed by atoms with Gasteiger partial charge < -0.3 is 14.6 Å². The quantitative estimate of drug-likeness (QED) is 0.796. The van der Waals surface area contributed by atoms with E-state index in [1.54, 1.807) is 0 Å². The average Bonchev–Trinajstić information content (AvgIpc) is 2.91. The van der Waals surface area contributed by atoms with Gasteiger partial charge in [-0.2, -0.15) is 8.42 Å². The fraction of sp³-hybridized carbons (Fsp3) is 0.500. The van der Waals surface area contributed by atoms with E-state index in [9.17, 15) is 18.3 Å². The summed E-state index contributed by atoms with van der Waals surface area (Å²) in [6, 6.07) is 3.91. The second kappa shape index (κ2) is 5.85. The van der Waals surface area contributed by atoms with Crippen LogP contribution in [0.15, 0.2) is 17.9 Å². The van der Waals surface area contributed by atoms with Crippen LogP contribution in [0.25, 0.3) is 5.57 Å². The molecule has 6 nitrogen and oxygen atoms in total. The minimum absolute atomic E-state index is 0.117. The molecule has 1 aromatic rings. The first-order valence-corrected chi connectivity index (χ1v) is 10.1. The fourth-order valence-electron chi connectivity index (χ4n) is 4.09. The maximum Gasteiger partial charge on any atom is 0.306 e. The van der Waals surface area contributed by atoms with Gasteiger partial charge in [-0.3, -0.25) is 4.79 Å². The highest BCUT2D eigenvalue weighted by Gasteiger charge is 2.52. The van der Waals surface area contributed by atoms with Gasteiger partial charge in [-0.1, -0.05) is 17.7 Å². The van der Waals surface area contributed by atoms with Crippen molar-refractivity contribution in [3.63, 3.8) is 0 Å². The van der Waals surface area contributed by atoms with Gasteiger partial charge in [0.1, 0.15) is 5.54 Å². The zero-order chi connectivity index (χ0) is 18.6. The highest BCUT2D eigenvalue weighted by molar-refractivity contribution is 7.86. The van der Waals surface area contributed by atoms with Crippen LogP contribution in [0.2, 0.25) is 0 Å². The van der Waals surface area contributed by atoms with Crippen LogP contribution in [-0.2, 0) is 19.1 Å². The molecule has 2 unspecified atom stereocenters. The van der Waals surface area contributed by atoms with E-state index >= 15 is 0 Å². The number of aryl methyl sites for hydroxylation is 3. The maximum absolute atomic E-state index is 12.8. The summed E-state index contributed by atoms with van der Waals surface area (Å²) in [5, 5.41) is 12.9. The van der Waals surface area contributed by atoms with Gasteiger partial charge in [-0.15, -0.1) is 0 Å². The van der Waals surface area contributed by atoms with E-state index in [0.717, 1.165) is 22.9 Å². The molecule has 1 heterocycles. The molecule has 25 heavy (non-hydrogen) atoms. The van der Waals surface area contributed by atoms with Crippen LogP contribution < -0.4 is 5.32 Å². The van der Waals surface area contributed by atoms with Gasteiger partial charge in [0, 0.05) is 6.42 Å². The number of rotatable bonds is 3. The van der Waals surface area contributed by atoms with E-state index in [-0.39, 0.29) is 23.7 Å². The summed E-state index contributed by atoms with van der Waals surface area (Å²) in [6.07, 6.45) is 1.54. The van der Waals surface area contributed by atoms with Crippen molar-refractivity contribution >= 4 is 21.6 Å². The highest BCUT2D eigenvalue weighted by Crippen LogP contribution is 2.46. The molecule has 1 spiro atoms. The Hall–Kier alpha value is -1.86. The van der Waals surface area contributed by atoms with E-state index < -0.39 is 21.8 Å². The average molecular weight is 365 g/mol. The molecule has 2 atom stereocenters. The summed E-state index contributed by atoms with van der Waals surface area (Å²) in [7, 11) is -3.82. The minimum atomic E-state index is -3.82. The molecule has 1 fully saturated rings. The molecule has 1 saturated carbocycles. The molecule has 136 valence electrons. The van der Waals surface area contributed by atoms with Gasteiger partial charge in [0.05, 0.1) is 17.9 Å². The summed E-state index contributed by atoms with van der Waals surface area (Å²) in [4.78, 5) is 12.8. The number of carbonyl (C=O) groups is 1. The van der Waals surface area contributed by atoms with E-state index in [1.165, 1.54) is 0 Å². The van der Waals surface area contributed by atoms with Crippen molar-refractivity contribution in [3.05, 3.63) is 40.1 Å². The molecule has 1 aromatic carbocycles. The topological polar surface area (TPSA) is 92.7 Å². The first kappa shape index (κ1) is 17.9. The third kappa shape index (κ3) is 3.18. The van der Waals surface area contributed by atoms with E-state index in [2.05, 4.69) is 5.32 Å². The molecule has 2 N–H and O–H groups in total. The Morgan fingerprint density at radius 2 is 1.84 bits per heavy atom. The summed E-state index contributed by atoms with van der Waals surface area (Å²) < 4.78 is 29.0. The third-order valence-corrected chi connectivity index (χ3v) is 5.36. The van der Waals surface area contributed by atoms with Crippen LogP contribution in [0, 0.1) is 20.8 Å². The van der Waals surface area contributed by atoms with Gasteiger partial charge in [0.15, 0.2) is 5.76 Å². The number of nitrogens with one attached hydrogen (secondary N) is 1. The Kier molecular flexibility index (Phi) is 4.20. The molecule has 0 aromatic heterocycles. The van der Waals surface area contributed by atoms with Gasteiger partial charge >= 0.3 is 10.1 Å². The van der Waals surface area contributed by atoms with Crippen LogP contribution in [0.1, 0.15) is 41.5 Å². The Labute approximate surface area is 148 Å². The lowest BCUT2D eigenvalue weighted by molar-refractivity contribution is -0.116. The van der Waals surface area contributed by atoms with E-state index in [1.807, 2.05) is 32.9 Å². The molecule has 1 amide bonds. The zero-order valence-corrected chi connectivity index (χ0v) is 15.7. The van der Waals surface area contributed by atoms with Gasteiger partial charge in [-0.05, 0) is 50.3 Å². The SMILES string of the molecule is Cc1cc(C)c(C2=C(OS(C)(=O)=O)C3(CCC(O)C3)NC2=O)c(C)c1. The van der Waals surface area contributed by atoms with Crippen LogP contribution in [0.3, 0.4) is 0 Å². The van der Waals surface area contributed by atoms with Crippen molar-refractivity contribution in [2.24, 2.45) is 0 Å².